The van der Waals surface area contributed by atoms with Crippen LogP contribution in [0.5, 0.6) is 0 Å². The van der Waals surface area contributed by atoms with E-state index in [1.165, 1.54) is 32.1 Å². The number of Topliss-reactive ketones (excluding diaryl/α,β-unsaturated/α-hetero) is 2. The molecule has 1 saturated carbocycles. The standard InChI is InChI=1S/C27H48O6/c1-6-7-16-27(4,5)17-10-11-21-14-15-23(29)22(21)12-8-9-13-24(30)25(32-19-18-28)26(31)33-20(2)3/h20-22,25,28H,6-19H2,1-5H3/t21-,22+,25?/m0/s1. The number of unbranched alkanes of at least 4 members (excludes halogenated alkanes) is 2. The Kier molecular flexibility index (Phi) is 14.1. The molecule has 0 spiro atoms. The fraction of sp³-hybridized carbons (Fsp3) is 0.889. The first kappa shape index (κ1) is 29.8. The van der Waals surface area contributed by atoms with E-state index in [2.05, 4.69) is 20.8 Å². The van der Waals surface area contributed by atoms with Crippen molar-refractivity contribution >= 4 is 17.5 Å². The number of hydrogen-bond donors (Lipinski definition) is 1. The molecule has 1 unspecified atom stereocenters. The Morgan fingerprint density at radius 1 is 1.09 bits per heavy atom. The summed E-state index contributed by atoms with van der Waals surface area (Å²) < 4.78 is 10.4. The highest BCUT2D eigenvalue weighted by Crippen LogP contribution is 2.38. The Balaban J connectivity index is 2.45. The predicted molar refractivity (Wildman–Crippen MR) is 130 cm³/mol. The van der Waals surface area contributed by atoms with Crippen molar-refractivity contribution in [2.45, 2.75) is 124 Å². The summed E-state index contributed by atoms with van der Waals surface area (Å²) in [6.07, 6.45) is 9.75. The zero-order chi connectivity index (χ0) is 24.9. The lowest BCUT2D eigenvalue weighted by Crippen LogP contribution is -2.36. The highest BCUT2D eigenvalue weighted by atomic mass is 16.6. The van der Waals surface area contributed by atoms with Gasteiger partial charge in [0.15, 0.2) is 5.78 Å². The van der Waals surface area contributed by atoms with E-state index in [-0.39, 0.29) is 37.4 Å². The lowest BCUT2D eigenvalue weighted by molar-refractivity contribution is -0.165. The quantitative estimate of drug-likeness (QED) is 0.164. The second-order valence-electron chi connectivity index (χ2n) is 10.7. The van der Waals surface area contributed by atoms with Crippen molar-refractivity contribution in [2.75, 3.05) is 13.2 Å². The average molecular weight is 469 g/mol. The first-order chi connectivity index (χ1) is 15.6. The molecule has 1 N–H and O–H groups in total. The maximum atomic E-state index is 12.5. The Morgan fingerprint density at radius 2 is 1.79 bits per heavy atom. The molecule has 0 aromatic heterocycles. The van der Waals surface area contributed by atoms with E-state index in [1.807, 2.05) is 0 Å². The molecule has 33 heavy (non-hydrogen) atoms. The Morgan fingerprint density at radius 3 is 2.42 bits per heavy atom. The second kappa shape index (κ2) is 15.6. The molecule has 0 aromatic carbocycles. The number of aliphatic hydroxyl groups excluding tert-OH is 1. The van der Waals surface area contributed by atoms with Gasteiger partial charge >= 0.3 is 5.97 Å². The van der Waals surface area contributed by atoms with Crippen molar-refractivity contribution < 1.29 is 29.0 Å². The van der Waals surface area contributed by atoms with Crippen molar-refractivity contribution in [3.63, 3.8) is 0 Å². The van der Waals surface area contributed by atoms with E-state index < -0.39 is 12.1 Å². The zero-order valence-electron chi connectivity index (χ0n) is 21.7. The first-order valence-electron chi connectivity index (χ1n) is 13.1. The molecular weight excluding hydrogens is 420 g/mol. The molecular formula is C27H48O6. The third kappa shape index (κ3) is 11.6. The fourth-order valence-electron chi connectivity index (χ4n) is 4.89. The summed E-state index contributed by atoms with van der Waals surface area (Å²) in [6.45, 7) is 10.0. The van der Waals surface area contributed by atoms with Crippen LogP contribution < -0.4 is 0 Å². The molecule has 6 heteroatoms. The molecule has 1 fully saturated rings. The van der Waals surface area contributed by atoms with E-state index in [0.29, 0.717) is 30.0 Å². The molecule has 1 rings (SSSR count). The van der Waals surface area contributed by atoms with E-state index in [9.17, 15) is 14.4 Å². The largest absolute Gasteiger partial charge is 0.461 e. The van der Waals surface area contributed by atoms with E-state index >= 15 is 0 Å². The molecule has 0 radical (unpaired) electrons. The van der Waals surface area contributed by atoms with Gasteiger partial charge in [0, 0.05) is 18.8 Å². The van der Waals surface area contributed by atoms with E-state index in [0.717, 1.165) is 25.7 Å². The van der Waals surface area contributed by atoms with Gasteiger partial charge in [-0.15, -0.1) is 0 Å². The van der Waals surface area contributed by atoms with Gasteiger partial charge in [-0.3, -0.25) is 9.59 Å². The van der Waals surface area contributed by atoms with Gasteiger partial charge in [-0.25, -0.2) is 4.79 Å². The van der Waals surface area contributed by atoms with Crippen LogP contribution in [-0.2, 0) is 23.9 Å². The number of hydrogen-bond acceptors (Lipinski definition) is 6. The van der Waals surface area contributed by atoms with Crippen LogP contribution in [0.15, 0.2) is 0 Å². The normalized spacial score (nSPS) is 19.8. The number of rotatable bonds is 18. The summed E-state index contributed by atoms with van der Waals surface area (Å²) in [5.41, 5.74) is 0.375. The minimum Gasteiger partial charge on any atom is -0.461 e. The monoisotopic (exact) mass is 468 g/mol. The van der Waals surface area contributed by atoms with Crippen molar-refractivity contribution in [3.05, 3.63) is 0 Å². The number of carbonyl (C=O) groups excluding carboxylic acids is 3. The summed E-state index contributed by atoms with van der Waals surface area (Å²) in [7, 11) is 0. The van der Waals surface area contributed by atoms with E-state index in [4.69, 9.17) is 14.6 Å². The maximum absolute atomic E-state index is 12.5. The summed E-state index contributed by atoms with van der Waals surface area (Å²) in [5, 5.41) is 8.97. The van der Waals surface area contributed by atoms with Gasteiger partial charge in [-0.2, -0.15) is 0 Å². The van der Waals surface area contributed by atoms with Gasteiger partial charge in [0.1, 0.15) is 5.78 Å². The molecule has 0 saturated heterocycles. The highest BCUT2D eigenvalue weighted by Gasteiger charge is 2.34. The lowest BCUT2D eigenvalue weighted by atomic mass is 9.79. The van der Waals surface area contributed by atoms with Crippen LogP contribution in [0.1, 0.15) is 112 Å². The lowest BCUT2D eigenvalue weighted by Gasteiger charge is -2.26. The van der Waals surface area contributed by atoms with Crippen LogP contribution in [0.4, 0.5) is 0 Å². The SMILES string of the molecule is CCCCC(C)(C)CCC[C@H]1CCC(=O)[C@@H]1CCCCC(=O)C(OCCO)C(=O)OC(C)C. The Hall–Kier alpha value is -1.27. The molecule has 1 aliphatic rings. The van der Waals surface area contributed by atoms with Crippen molar-refractivity contribution in [3.8, 4) is 0 Å². The molecule has 0 aromatic rings. The molecule has 6 nitrogen and oxygen atoms in total. The molecule has 3 atom stereocenters. The minimum absolute atomic E-state index is 0.0862. The summed E-state index contributed by atoms with van der Waals surface area (Å²) in [5.74, 6) is -0.0571. The van der Waals surface area contributed by atoms with Crippen LogP contribution in [-0.4, -0.2) is 48.1 Å². The Bertz CT molecular complexity index is 597. The van der Waals surface area contributed by atoms with Crippen molar-refractivity contribution in [1.29, 1.82) is 0 Å². The van der Waals surface area contributed by atoms with Crippen molar-refractivity contribution in [1.82, 2.24) is 0 Å². The topological polar surface area (TPSA) is 89.9 Å². The summed E-state index contributed by atoms with van der Waals surface area (Å²) in [4.78, 5) is 37.2. The van der Waals surface area contributed by atoms with Crippen LogP contribution in [0.2, 0.25) is 0 Å². The number of ketones is 2. The first-order valence-corrected chi connectivity index (χ1v) is 13.1. The smallest absolute Gasteiger partial charge is 0.343 e. The van der Waals surface area contributed by atoms with Gasteiger partial charge in [0.25, 0.3) is 0 Å². The predicted octanol–water partition coefficient (Wildman–Crippen LogP) is 5.43. The summed E-state index contributed by atoms with van der Waals surface area (Å²) in [6, 6.07) is 0. The third-order valence-corrected chi connectivity index (χ3v) is 6.80. The van der Waals surface area contributed by atoms with Crippen LogP contribution in [0.3, 0.4) is 0 Å². The van der Waals surface area contributed by atoms with Gasteiger partial charge < -0.3 is 14.6 Å². The molecule has 1 aliphatic carbocycles. The molecule has 192 valence electrons. The average Bonchev–Trinajstić information content (AvgIpc) is 3.08. The Labute approximate surface area is 201 Å². The maximum Gasteiger partial charge on any atom is 0.343 e. The third-order valence-electron chi connectivity index (χ3n) is 6.80. The van der Waals surface area contributed by atoms with Crippen LogP contribution in [0, 0.1) is 17.3 Å². The second-order valence-corrected chi connectivity index (χ2v) is 10.7. The van der Waals surface area contributed by atoms with Crippen molar-refractivity contribution in [2.24, 2.45) is 17.3 Å². The van der Waals surface area contributed by atoms with Gasteiger partial charge in [0.05, 0.1) is 19.3 Å². The highest BCUT2D eigenvalue weighted by molar-refractivity contribution is 6.02. The molecule has 0 bridgehead atoms. The van der Waals surface area contributed by atoms with Gasteiger partial charge in [0.2, 0.25) is 6.10 Å². The number of carbonyl (C=O) groups is 3. The number of ether oxygens (including phenoxy) is 2. The minimum atomic E-state index is -1.28. The molecule has 0 heterocycles. The van der Waals surface area contributed by atoms with E-state index in [1.54, 1.807) is 13.8 Å². The molecule has 0 aliphatic heterocycles. The fourth-order valence-corrected chi connectivity index (χ4v) is 4.89. The number of esters is 1. The summed E-state index contributed by atoms with van der Waals surface area (Å²) >= 11 is 0. The van der Waals surface area contributed by atoms with Crippen LogP contribution >= 0.6 is 0 Å². The zero-order valence-corrected chi connectivity index (χ0v) is 21.7. The van der Waals surface area contributed by atoms with Crippen LogP contribution in [0.25, 0.3) is 0 Å². The van der Waals surface area contributed by atoms with Gasteiger partial charge in [-0.1, -0.05) is 46.5 Å². The van der Waals surface area contributed by atoms with Gasteiger partial charge in [-0.05, 0) is 63.7 Å². The number of aliphatic hydroxyl groups is 1. The molecule has 0 amide bonds.